The Labute approximate surface area is 338 Å². The van der Waals surface area contributed by atoms with Crippen molar-refractivity contribution in [3.63, 3.8) is 0 Å². The van der Waals surface area contributed by atoms with Gasteiger partial charge >= 0.3 is 0 Å². The number of ether oxygens (including phenoxy) is 1. The van der Waals surface area contributed by atoms with E-state index in [1.165, 1.54) is 47.0 Å². The summed E-state index contributed by atoms with van der Waals surface area (Å²) >= 11 is 7.85. The lowest BCUT2D eigenvalue weighted by molar-refractivity contribution is -0.141. The Morgan fingerprint density at radius 1 is 1.14 bits per heavy atom. The van der Waals surface area contributed by atoms with Gasteiger partial charge in [0.2, 0.25) is 27.4 Å². The van der Waals surface area contributed by atoms with Crippen molar-refractivity contribution in [1.82, 2.24) is 24.9 Å². The lowest BCUT2D eigenvalue weighted by Gasteiger charge is -2.36. The standard InChI is InChI=1S/C40H42ClFN6O7S2/c1-5-21-19-40(21,38(51)47-57(52,53)25-14-15-25)46-35(49)27-18-24(20-48(27)37(50)33(39(2,3)4)43-23-12-10-22(42)11-13-23)54-36-32-31(26-8-6-7-9-28(26)55-32)44-34(45-36)29-16-17-30(41)56-29/h5-13,16,21,24-25,27,30,33,43H,1,14-15,17-20H2,2-4H3,(H,46,49)(H,47,51)/t21-,24-,27+,30?,33-,40-/m1/s1. The summed E-state index contributed by atoms with van der Waals surface area (Å²) in [7, 11) is -3.92. The normalized spacial score (nSPS) is 25.2. The third-order valence-corrected chi connectivity index (χ3v) is 14.1. The number of aromatic nitrogens is 2. The summed E-state index contributed by atoms with van der Waals surface area (Å²) in [6, 6.07) is 11.0. The molecule has 13 nitrogen and oxygen atoms in total. The Morgan fingerprint density at radius 2 is 1.88 bits per heavy atom. The van der Waals surface area contributed by atoms with E-state index in [2.05, 4.69) is 21.9 Å². The quantitative estimate of drug-likeness (QED) is 0.111. The number of carbonyl (C=O) groups excluding carboxylic acids is 3. The van der Waals surface area contributed by atoms with Crippen LogP contribution in [0.1, 0.15) is 58.7 Å². The number of benzene rings is 2. The highest BCUT2D eigenvalue weighted by Crippen LogP contribution is 2.46. The van der Waals surface area contributed by atoms with Crippen molar-refractivity contribution in [3.05, 3.63) is 78.9 Å². The van der Waals surface area contributed by atoms with Crippen molar-refractivity contribution in [2.24, 2.45) is 11.3 Å². The highest BCUT2D eigenvalue weighted by Gasteiger charge is 2.62. The minimum absolute atomic E-state index is 0.00985. The summed E-state index contributed by atoms with van der Waals surface area (Å²) in [5.41, 5.74) is -0.388. The Hall–Kier alpha value is -4.67. The van der Waals surface area contributed by atoms with Gasteiger partial charge in [0, 0.05) is 28.3 Å². The predicted octanol–water partition coefficient (Wildman–Crippen LogP) is 6.10. The molecule has 57 heavy (non-hydrogen) atoms. The maximum atomic E-state index is 14.8. The molecule has 6 atom stereocenters. The SMILES string of the molecule is C=C[C@@H]1C[C@]1(NC(=O)[C@@H]1C[C@@H](Oc2nc(C3=CCC(Cl)S3)nc3c2oc2ccccc23)CN1C(=O)[C@@H](Nc1ccc(F)cc1)C(C)(C)C)C(=O)NS(=O)(=O)C1CC1. The van der Waals surface area contributed by atoms with Crippen molar-refractivity contribution < 1.29 is 36.3 Å². The van der Waals surface area contributed by atoms with Crippen LogP contribution >= 0.6 is 23.4 Å². The third kappa shape index (κ3) is 7.70. The average molecular weight is 837 g/mol. The van der Waals surface area contributed by atoms with E-state index >= 15 is 0 Å². The summed E-state index contributed by atoms with van der Waals surface area (Å²) in [5, 5.41) is 6.16. The number of alkyl halides is 1. The zero-order valence-electron chi connectivity index (χ0n) is 31.5. The number of furan rings is 1. The van der Waals surface area contributed by atoms with Gasteiger partial charge in [0.25, 0.3) is 11.8 Å². The van der Waals surface area contributed by atoms with E-state index in [4.69, 9.17) is 30.7 Å². The number of anilines is 1. The molecule has 8 rings (SSSR count). The first-order valence-corrected chi connectivity index (χ1v) is 21.6. The molecular weight excluding hydrogens is 795 g/mol. The van der Waals surface area contributed by atoms with Crippen LogP contribution in [-0.2, 0) is 24.4 Å². The summed E-state index contributed by atoms with van der Waals surface area (Å²) in [4.78, 5) is 54.7. The molecule has 4 heterocycles. The largest absolute Gasteiger partial charge is 0.470 e. The second-order valence-electron chi connectivity index (χ2n) is 16.1. The van der Waals surface area contributed by atoms with Crippen molar-refractivity contribution in [3.8, 4) is 5.88 Å². The van der Waals surface area contributed by atoms with E-state index in [-0.39, 0.29) is 30.0 Å². The Bertz CT molecular complexity index is 2430. The van der Waals surface area contributed by atoms with Gasteiger partial charge in [-0.25, -0.2) is 17.8 Å². The fourth-order valence-electron chi connectivity index (χ4n) is 7.41. The third-order valence-electron chi connectivity index (χ3n) is 10.8. The van der Waals surface area contributed by atoms with E-state index in [1.54, 1.807) is 0 Å². The molecular formula is C40H42ClFN6O7S2. The molecule has 1 saturated heterocycles. The molecule has 2 aliphatic carbocycles. The summed E-state index contributed by atoms with van der Waals surface area (Å²) < 4.78 is 54.2. The number of allylic oxidation sites excluding steroid dienone is 1. The predicted molar refractivity (Wildman–Crippen MR) is 216 cm³/mol. The summed E-state index contributed by atoms with van der Waals surface area (Å²) in [6.45, 7) is 9.34. The molecule has 0 radical (unpaired) electrons. The number of halogens is 2. The van der Waals surface area contributed by atoms with Gasteiger partial charge in [-0.3, -0.25) is 19.1 Å². The lowest BCUT2D eigenvalue weighted by Crippen LogP contribution is -2.58. The molecule has 2 saturated carbocycles. The van der Waals surface area contributed by atoms with Gasteiger partial charge in [-0.05, 0) is 67.5 Å². The molecule has 2 aromatic carbocycles. The molecule has 0 spiro atoms. The van der Waals surface area contributed by atoms with Gasteiger partial charge < -0.3 is 24.7 Å². The highest BCUT2D eigenvalue weighted by atomic mass is 35.5. The Balaban J connectivity index is 1.14. The van der Waals surface area contributed by atoms with Crippen LogP contribution in [0.3, 0.4) is 0 Å². The fourth-order valence-corrected chi connectivity index (χ4v) is 10.0. The Kier molecular flexibility index (Phi) is 10.0. The van der Waals surface area contributed by atoms with Crippen molar-refractivity contribution in [2.45, 2.75) is 86.6 Å². The number of hydrogen-bond acceptors (Lipinski definition) is 11. The van der Waals surface area contributed by atoms with Crippen LogP contribution in [-0.4, -0.2) is 81.2 Å². The van der Waals surface area contributed by atoms with Crippen LogP contribution in [0, 0.1) is 17.2 Å². The van der Waals surface area contributed by atoms with Gasteiger partial charge in [-0.15, -0.1) is 29.9 Å². The molecule has 2 aliphatic heterocycles. The molecule has 3 amide bonds. The fraction of sp³-hybridized carbons (Fsp3) is 0.425. The molecule has 1 unspecified atom stereocenters. The number of thioether (sulfide) groups is 1. The van der Waals surface area contributed by atoms with E-state index in [0.29, 0.717) is 47.5 Å². The monoisotopic (exact) mass is 836 g/mol. The summed E-state index contributed by atoms with van der Waals surface area (Å²) in [5.74, 6) is -2.41. The van der Waals surface area contributed by atoms with E-state index < -0.39 is 73.9 Å². The number of nitrogens with one attached hydrogen (secondary N) is 3. The maximum absolute atomic E-state index is 14.8. The number of fused-ring (bicyclic) bond motifs is 3. The van der Waals surface area contributed by atoms with Gasteiger partial charge in [-0.2, -0.15) is 4.98 Å². The number of amides is 3. The minimum atomic E-state index is -3.92. The number of para-hydroxylation sites is 1. The number of nitrogens with zero attached hydrogens (tertiary/aromatic N) is 3. The maximum Gasteiger partial charge on any atom is 0.262 e. The van der Waals surface area contributed by atoms with Gasteiger partial charge in [0.15, 0.2) is 5.82 Å². The molecule has 3 fully saturated rings. The number of hydrogen-bond donors (Lipinski definition) is 3. The molecule has 3 N–H and O–H groups in total. The first-order valence-electron chi connectivity index (χ1n) is 18.8. The number of sulfonamides is 1. The topological polar surface area (TPSA) is 173 Å². The molecule has 300 valence electrons. The molecule has 2 aromatic heterocycles. The second kappa shape index (κ2) is 14.6. The lowest BCUT2D eigenvalue weighted by atomic mass is 9.85. The smallest absolute Gasteiger partial charge is 0.262 e. The van der Waals surface area contributed by atoms with Crippen LogP contribution in [0.4, 0.5) is 10.1 Å². The van der Waals surface area contributed by atoms with Crippen LogP contribution in [0.15, 0.2) is 71.7 Å². The summed E-state index contributed by atoms with van der Waals surface area (Å²) in [6.07, 6.45) is 4.32. The average Bonchev–Trinajstić information content (AvgIpc) is 4.01. The van der Waals surface area contributed by atoms with Crippen molar-refractivity contribution in [1.29, 1.82) is 0 Å². The van der Waals surface area contributed by atoms with E-state index in [0.717, 1.165) is 10.3 Å². The van der Waals surface area contributed by atoms with Crippen LogP contribution in [0.25, 0.3) is 27.0 Å². The highest BCUT2D eigenvalue weighted by molar-refractivity contribution is 8.10. The number of rotatable bonds is 12. The van der Waals surface area contributed by atoms with Crippen molar-refractivity contribution in [2.75, 3.05) is 11.9 Å². The second-order valence-corrected chi connectivity index (χ2v) is 20.1. The number of likely N-dealkylation sites (tertiary alicyclic amines) is 1. The van der Waals surface area contributed by atoms with Gasteiger partial charge in [0.1, 0.15) is 40.6 Å². The van der Waals surface area contributed by atoms with Crippen LogP contribution < -0.4 is 20.1 Å². The molecule has 17 heteroatoms. The minimum Gasteiger partial charge on any atom is -0.470 e. The van der Waals surface area contributed by atoms with Crippen LogP contribution in [0.5, 0.6) is 5.88 Å². The molecule has 4 aromatic rings. The first kappa shape index (κ1) is 39.2. The zero-order chi connectivity index (χ0) is 40.4. The van der Waals surface area contributed by atoms with Crippen molar-refractivity contribution >= 4 is 83.8 Å². The van der Waals surface area contributed by atoms with Gasteiger partial charge in [0.05, 0.1) is 16.5 Å². The molecule has 0 bridgehead atoms. The van der Waals surface area contributed by atoms with E-state index in [1.807, 2.05) is 51.1 Å². The van der Waals surface area contributed by atoms with E-state index in [9.17, 15) is 27.2 Å². The zero-order valence-corrected chi connectivity index (χ0v) is 33.8. The molecule has 4 aliphatic rings. The van der Waals surface area contributed by atoms with Gasteiger partial charge in [-0.1, -0.05) is 45.1 Å². The Morgan fingerprint density at radius 3 is 2.53 bits per heavy atom. The first-order chi connectivity index (χ1) is 27.1. The number of carbonyl (C=O) groups is 3. The van der Waals surface area contributed by atoms with Crippen LogP contribution in [0.2, 0.25) is 0 Å².